The Balaban J connectivity index is 2.61. The highest BCUT2D eigenvalue weighted by Gasteiger charge is 2.52. The topological polar surface area (TPSA) is 94.8 Å². The first-order valence-electron chi connectivity index (χ1n) is 7.89. The lowest BCUT2D eigenvalue weighted by molar-refractivity contribution is 0.394. The average Bonchev–Trinajstić information content (AvgIpc) is 2.64. The van der Waals surface area contributed by atoms with Crippen LogP contribution in [0.25, 0.3) is 0 Å². The van der Waals surface area contributed by atoms with E-state index < -0.39 is 31.9 Å². The van der Waals surface area contributed by atoms with E-state index in [0.29, 0.717) is 10.0 Å². The maximum Gasteiger partial charge on any atom is 0.283 e. The fourth-order valence-corrected chi connectivity index (χ4v) is 5.29. The molecular formula is C19H12Cl4O5S. The van der Waals surface area contributed by atoms with Crippen LogP contribution in [0.15, 0.2) is 54.6 Å². The molecule has 3 aromatic rings. The summed E-state index contributed by atoms with van der Waals surface area (Å²) in [6.07, 6.45) is 0. The van der Waals surface area contributed by atoms with Gasteiger partial charge in [0.1, 0.15) is 0 Å². The van der Waals surface area contributed by atoms with Crippen molar-refractivity contribution in [3.8, 4) is 11.5 Å². The van der Waals surface area contributed by atoms with Crippen LogP contribution >= 0.6 is 46.4 Å². The van der Waals surface area contributed by atoms with Gasteiger partial charge < -0.3 is 10.2 Å². The Kier molecular flexibility index (Phi) is 5.98. The number of benzene rings is 3. The zero-order chi connectivity index (χ0) is 21.6. The van der Waals surface area contributed by atoms with E-state index >= 15 is 0 Å². The second-order valence-electron chi connectivity index (χ2n) is 6.09. The summed E-state index contributed by atoms with van der Waals surface area (Å²) in [6, 6.07) is 12.0. The molecule has 0 radical (unpaired) electrons. The SMILES string of the molecule is O=S(=O)(O)C(c1ccc(Cl)cc1)(c1ccc(Cl)cc1)c1c(O)c(O)cc(Cl)c1Cl. The number of phenolic OH excluding ortho intramolecular Hbond substituents is 2. The molecule has 152 valence electrons. The molecule has 5 nitrogen and oxygen atoms in total. The molecule has 0 saturated heterocycles. The monoisotopic (exact) mass is 492 g/mol. The number of hydrogen-bond acceptors (Lipinski definition) is 4. The number of halogens is 4. The first-order chi connectivity index (χ1) is 13.5. The molecule has 0 aliphatic carbocycles. The highest BCUT2D eigenvalue weighted by molar-refractivity contribution is 7.87. The largest absolute Gasteiger partial charge is 0.504 e. The van der Waals surface area contributed by atoms with E-state index in [1.165, 1.54) is 48.5 Å². The minimum absolute atomic E-state index is 0.00871. The van der Waals surface area contributed by atoms with Crippen molar-refractivity contribution in [3.63, 3.8) is 0 Å². The Labute approximate surface area is 186 Å². The van der Waals surface area contributed by atoms with Crippen LogP contribution < -0.4 is 0 Å². The number of rotatable bonds is 4. The van der Waals surface area contributed by atoms with E-state index in [-0.39, 0.29) is 21.2 Å². The summed E-state index contributed by atoms with van der Waals surface area (Å²) >= 11 is 24.2. The molecule has 0 aliphatic heterocycles. The number of aromatic hydroxyl groups is 2. The zero-order valence-electron chi connectivity index (χ0n) is 14.3. The van der Waals surface area contributed by atoms with Gasteiger partial charge in [0.2, 0.25) is 0 Å². The minimum atomic E-state index is -5.09. The first kappa shape index (κ1) is 22.0. The Morgan fingerprint density at radius 3 is 1.55 bits per heavy atom. The van der Waals surface area contributed by atoms with E-state index in [2.05, 4.69) is 0 Å². The standard InChI is InChI=1S/C19H12Cl4O5S/c20-12-5-1-10(2-6-12)19(29(26,27)28,11-3-7-13(21)8-4-11)16-17(23)14(22)9-15(24)18(16)25/h1-9,24-25H,(H,26,27,28). The van der Waals surface area contributed by atoms with Gasteiger partial charge in [-0.3, -0.25) is 4.55 Å². The molecule has 3 rings (SSSR count). The second-order valence-corrected chi connectivity index (χ2v) is 9.31. The molecule has 0 bridgehead atoms. The molecule has 0 atom stereocenters. The van der Waals surface area contributed by atoms with E-state index in [1.54, 1.807) is 0 Å². The quantitative estimate of drug-likeness (QED) is 0.239. The van der Waals surface area contributed by atoms with Crippen LogP contribution in [-0.2, 0) is 14.9 Å². The predicted octanol–water partition coefficient (Wildman–Crippen LogP) is 5.89. The van der Waals surface area contributed by atoms with Crippen LogP contribution in [0.2, 0.25) is 20.1 Å². The van der Waals surface area contributed by atoms with Crippen LogP contribution in [0, 0.1) is 0 Å². The van der Waals surface area contributed by atoms with Crippen LogP contribution in [0.1, 0.15) is 16.7 Å². The van der Waals surface area contributed by atoms with Gasteiger partial charge in [-0.2, -0.15) is 8.42 Å². The van der Waals surface area contributed by atoms with Crippen LogP contribution in [-0.4, -0.2) is 23.2 Å². The summed E-state index contributed by atoms with van der Waals surface area (Å²) in [5, 5.41) is 20.7. The maximum absolute atomic E-state index is 12.9. The van der Waals surface area contributed by atoms with Gasteiger partial charge in [-0.25, -0.2) is 0 Å². The van der Waals surface area contributed by atoms with Crippen molar-refractivity contribution in [3.05, 3.63) is 91.4 Å². The molecule has 3 aromatic carbocycles. The van der Waals surface area contributed by atoms with Gasteiger partial charge in [0.05, 0.1) is 15.6 Å². The van der Waals surface area contributed by atoms with Crippen molar-refractivity contribution in [2.45, 2.75) is 4.75 Å². The Morgan fingerprint density at radius 1 is 0.759 bits per heavy atom. The van der Waals surface area contributed by atoms with E-state index in [9.17, 15) is 23.2 Å². The lowest BCUT2D eigenvalue weighted by Gasteiger charge is -2.34. The van der Waals surface area contributed by atoms with Gasteiger partial charge in [0.15, 0.2) is 16.2 Å². The first-order valence-corrected chi connectivity index (χ1v) is 10.8. The summed E-state index contributed by atoms with van der Waals surface area (Å²) in [6.45, 7) is 0. The number of hydrogen-bond donors (Lipinski definition) is 3. The fourth-order valence-electron chi connectivity index (χ4n) is 3.18. The van der Waals surface area contributed by atoms with E-state index in [1.807, 2.05) is 0 Å². The predicted molar refractivity (Wildman–Crippen MR) is 114 cm³/mol. The summed E-state index contributed by atoms with van der Waals surface area (Å²) in [5.41, 5.74) is -0.535. The molecule has 0 aromatic heterocycles. The molecule has 0 saturated carbocycles. The van der Waals surface area contributed by atoms with Crippen molar-refractivity contribution in [1.82, 2.24) is 0 Å². The normalized spacial score (nSPS) is 12.2. The molecule has 0 aliphatic rings. The van der Waals surface area contributed by atoms with Crippen molar-refractivity contribution >= 4 is 56.5 Å². The van der Waals surface area contributed by atoms with Crippen molar-refractivity contribution in [1.29, 1.82) is 0 Å². The number of phenols is 2. The molecule has 0 unspecified atom stereocenters. The fraction of sp³-hybridized carbons (Fsp3) is 0.0526. The summed E-state index contributed by atoms with van der Waals surface area (Å²) in [4.78, 5) is 0. The van der Waals surface area contributed by atoms with E-state index in [4.69, 9.17) is 46.4 Å². The third kappa shape index (κ3) is 3.65. The molecule has 0 heterocycles. The summed E-state index contributed by atoms with van der Waals surface area (Å²) in [5.74, 6) is -1.58. The van der Waals surface area contributed by atoms with Crippen LogP contribution in [0.3, 0.4) is 0 Å². The zero-order valence-corrected chi connectivity index (χ0v) is 18.1. The lowest BCUT2D eigenvalue weighted by atomic mass is 9.83. The van der Waals surface area contributed by atoms with Crippen molar-refractivity contribution < 1.29 is 23.2 Å². The molecule has 3 N–H and O–H groups in total. The molecule has 0 spiro atoms. The molecule has 10 heteroatoms. The van der Waals surface area contributed by atoms with Gasteiger partial charge in [0, 0.05) is 16.1 Å². The molecule has 0 amide bonds. The van der Waals surface area contributed by atoms with Gasteiger partial charge in [-0.15, -0.1) is 0 Å². The third-order valence-corrected chi connectivity index (χ3v) is 7.15. The van der Waals surface area contributed by atoms with Crippen molar-refractivity contribution in [2.75, 3.05) is 0 Å². The Bertz CT molecular complexity index is 1100. The molecule has 29 heavy (non-hydrogen) atoms. The summed E-state index contributed by atoms with van der Waals surface area (Å²) in [7, 11) is -5.09. The van der Waals surface area contributed by atoms with Gasteiger partial charge >= 0.3 is 0 Å². The maximum atomic E-state index is 12.9. The second kappa shape index (κ2) is 7.87. The van der Waals surface area contributed by atoms with Crippen LogP contribution in [0.5, 0.6) is 11.5 Å². The smallest absolute Gasteiger partial charge is 0.283 e. The average molecular weight is 494 g/mol. The highest BCUT2D eigenvalue weighted by atomic mass is 35.5. The van der Waals surface area contributed by atoms with Crippen LogP contribution in [0.4, 0.5) is 0 Å². The molecule has 0 fully saturated rings. The third-order valence-electron chi connectivity index (χ3n) is 4.41. The van der Waals surface area contributed by atoms with Gasteiger partial charge in [0.25, 0.3) is 10.1 Å². The van der Waals surface area contributed by atoms with E-state index in [0.717, 1.165) is 6.07 Å². The van der Waals surface area contributed by atoms with Crippen molar-refractivity contribution in [2.24, 2.45) is 0 Å². The van der Waals surface area contributed by atoms with Gasteiger partial charge in [-0.1, -0.05) is 70.7 Å². The Hall–Kier alpha value is -1.67. The highest BCUT2D eigenvalue weighted by Crippen LogP contribution is 2.53. The van der Waals surface area contributed by atoms with Gasteiger partial charge in [-0.05, 0) is 35.4 Å². The Morgan fingerprint density at radius 2 is 1.17 bits per heavy atom. The lowest BCUT2D eigenvalue weighted by Crippen LogP contribution is -2.38. The molecular weight excluding hydrogens is 482 g/mol. The minimum Gasteiger partial charge on any atom is -0.504 e. The summed E-state index contributed by atoms with van der Waals surface area (Å²) < 4.78 is 33.9.